The first kappa shape index (κ1) is 12.7. The standard InChI is InChI=1S/C11H11O4S/c1-15-11(13)7-9(12)8-5-3-4-6-10(8)16(2)14/h3-7H,1-2H3. The summed E-state index contributed by atoms with van der Waals surface area (Å²) in [6.07, 6.45) is 2.32. The van der Waals surface area contributed by atoms with Crippen molar-refractivity contribution in [3.63, 3.8) is 0 Å². The van der Waals surface area contributed by atoms with E-state index in [2.05, 4.69) is 4.74 Å². The van der Waals surface area contributed by atoms with E-state index in [0.717, 1.165) is 6.42 Å². The minimum absolute atomic E-state index is 0.258. The molecule has 0 aliphatic rings. The topological polar surface area (TPSA) is 66.4 Å². The SMILES string of the molecule is COC(=O)[CH]C(=O)c1ccccc1[S+](C)[O-]. The van der Waals surface area contributed by atoms with Gasteiger partial charge in [0.15, 0.2) is 10.7 Å². The van der Waals surface area contributed by atoms with Gasteiger partial charge in [0.2, 0.25) is 0 Å². The summed E-state index contributed by atoms with van der Waals surface area (Å²) >= 11 is -1.27. The summed E-state index contributed by atoms with van der Waals surface area (Å²) in [6.45, 7) is 0. The Morgan fingerprint density at radius 2 is 2.00 bits per heavy atom. The first-order valence-corrected chi connectivity index (χ1v) is 6.01. The molecule has 0 amide bonds. The van der Waals surface area contributed by atoms with Crippen LogP contribution >= 0.6 is 0 Å². The summed E-state index contributed by atoms with van der Waals surface area (Å²) in [4.78, 5) is 23.0. The van der Waals surface area contributed by atoms with Crippen LogP contribution in [0.5, 0.6) is 0 Å². The zero-order valence-corrected chi connectivity index (χ0v) is 9.74. The van der Waals surface area contributed by atoms with Crippen molar-refractivity contribution in [1.82, 2.24) is 0 Å². The Hall–Kier alpha value is -1.33. The van der Waals surface area contributed by atoms with Crippen LogP contribution in [0.2, 0.25) is 0 Å². The van der Waals surface area contributed by atoms with E-state index in [1.54, 1.807) is 18.2 Å². The van der Waals surface area contributed by atoms with Gasteiger partial charge in [0, 0.05) is 0 Å². The van der Waals surface area contributed by atoms with Crippen molar-refractivity contribution in [3.05, 3.63) is 36.2 Å². The largest absolute Gasteiger partial charge is 0.612 e. The molecule has 0 spiro atoms. The third kappa shape index (κ3) is 3.08. The highest BCUT2D eigenvalue weighted by atomic mass is 32.2. The van der Waals surface area contributed by atoms with Crippen molar-refractivity contribution in [2.24, 2.45) is 0 Å². The van der Waals surface area contributed by atoms with Crippen LogP contribution in [0, 0.1) is 6.42 Å². The van der Waals surface area contributed by atoms with Crippen LogP contribution in [0.1, 0.15) is 10.4 Å². The lowest BCUT2D eigenvalue weighted by molar-refractivity contribution is -0.136. The predicted octanol–water partition coefficient (Wildman–Crippen LogP) is 0.984. The molecule has 4 nitrogen and oxygen atoms in total. The molecule has 0 aliphatic heterocycles. The molecule has 0 saturated carbocycles. The number of ether oxygens (including phenoxy) is 1. The molecule has 1 unspecified atom stereocenters. The van der Waals surface area contributed by atoms with E-state index >= 15 is 0 Å². The second-order valence-electron chi connectivity index (χ2n) is 2.98. The Labute approximate surface area is 96.8 Å². The van der Waals surface area contributed by atoms with Gasteiger partial charge in [-0.25, -0.2) is 0 Å². The van der Waals surface area contributed by atoms with E-state index in [-0.39, 0.29) is 5.56 Å². The normalized spacial score (nSPS) is 11.9. The van der Waals surface area contributed by atoms with Gasteiger partial charge in [-0.15, -0.1) is 0 Å². The lowest BCUT2D eigenvalue weighted by Gasteiger charge is -2.08. The summed E-state index contributed by atoms with van der Waals surface area (Å²) in [6, 6.07) is 6.45. The third-order valence-corrected chi connectivity index (χ3v) is 2.89. The lowest BCUT2D eigenvalue weighted by Crippen LogP contribution is -2.14. The number of hydrogen-bond donors (Lipinski definition) is 0. The Morgan fingerprint density at radius 3 is 2.56 bits per heavy atom. The van der Waals surface area contributed by atoms with Gasteiger partial charge in [-0.3, -0.25) is 9.59 Å². The first-order chi connectivity index (χ1) is 7.56. The van der Waals surface area contributed by atoms with Crippen molar-refractivity contribution in [1.29, 1.82) is 0 Å². The number of esters is 1. The Morgan fingerprint density at radius 1 is 1.38 bits per heavy atom. The minimum atomic E-state index is -1.27. The van der Waals surface area contributed by atoms with Gasteiger partial charge < -0.3 is 9.29 Å². The van der Waals surface area contributed by atoms with Gasteiger partial charge in [0.05, 0.1) is 12.7 Å². The van der Waals surface area contributed by atoms with Crippen molar-refractivity contribution >= 4 is 22.9 Å². The summed E-state index contributed by atoms with van der Waals surface area (Å²) in [7, 11) is 1.19. The van der Waals surface area contributed by atoms with E-state index < -0.39 is 22.9 Å². The van der Waals surface area contributed by atoms with E-state index in [1.165, 1.54) is 19.4 Å². The molecule has 85 valence electrons. The van der Waals surface area contributed by atoms with E-state index in [9.17, 15) is 14.1 Å². The van der Waals surface area contributed by atoms with Crippen molar-refractivity contribution in [3.8, 4) is 0 Å². The quantitative estimate of drug-likeness (QED) is 0.340. The highest BCUT2D eigenvalue weighted by molar-refractivity contribution is 7.90. The molecule has 1 atom stereocenters. The lowest BCUT2D eigenvalue weighted by atomic mass is 10.1. The number of ketones is 1. The smallest absolute Gasteiger partial charge is 0.317 e. The summed E-state index contributed by atoms with van der Waals surface area (Å²) in [5, 5.41) is 0. The molecular formula is C11H11O4S. The molecule has 16 heavy (non-hydrogen) atoms. The van der Waals surface area contributed by atoms with E-state index in [4.69, 9.17) is 0 Å². The fourth-order valence-corrected chi connectivity index (χ4v) is 1.91. The molecule has 0 N–H and O–H groups in total. The molecule has 0 heterocycles. The van der Waals surface area contributed by atoms with Crippen LogP contribution in [-0.4, -0.2) is 29.7 Å². The monoisotopic (exact) mass is 239 g/mol. The summed E-state index contributed by atoms with van der Waals surface area (Å²) in [5.41, 5.74) is 0.258. The van der Waals surface area contributed by atoms with Gasteiger partial charge in [-0.05, 0) is 23.3 Å². The molecule has 0 aliphatic carbocycles. The molecule has 0 bridgehead atoms. The average molecular weight is 239 g/mol. The highest BCUT2D eigenvalue weighted by Crippen LogP contribution is 2.16. The molecule has 1 aromatic carbocycles. The van der Waals surface area contributed by atoms with Crippen molar-refractivity contribution in [2.45, 2.75) is 4.90 Å². The van der Waals surface area contributed by atoms with Crippen molar-refractivity contribution < 1.29 is 18.9 Å². The number of methoxy groups -OCH3 is 1. The fraction of sp³-hybridized carbons (Fsp3) is 0.182. The Kier molecular flexibility index (Phi) is 4.52. The number of rotatable bonds is 4. The van der Waals surface area contributed by atoms with Crippen LogP contribution in [0.25, 0.3) is 0 Å². The molecule has 1 rings (SSSR count). The molecule has 0 fully saturated rings. The van der Waals surface area contributed by atoms with Crippen molar-refractivity contribution in [2.75, 3.05) is 13.4 Å². The van der Waals surface area contributed by atoms with Crippen LogP contribution in [0.3, 0.4) is 0 Å². The summed E-state index contributed by atoms with van der Waals surface area (Å²) in [5.74, 6) is -1.22. The van der Waals surface area contributed by atoms with Crippen LogP contribution in [-0.2, 0) is 20.7 Å². The maximum Gasteiger partial charge on any atom is 0.317 e. The van der Waals surface area contributed by atoms with Gasteiger partial charge in [0.1, 0.15) is 12.7 Å². The third-order valence-electron chi connectivity index (χ3n) is 1.91. The molecule has 5 heteroatoms. The van der Waals surface area contributed by atoms with Crippen LogP contribution < -0.4 is 0 Å². The summed E-state index contributed by atoms with van der Waals surface area (Å²) < 4.78 is 15.7. The predicted molar refractivity (Wildman–Crippen MR) is 59.4 cm³/mol. The van der Waals surface area contributed by atoms with Gasteiger partial charge in [-0.1, -0.05) is 12.1 Å². The van der Waals surface area contributed by atoms with Crippen LogP contribution in [0.4, 0.5) is 0 Å². The molecule has 1 aromatic rings. The minimum Gasteiger partial charge on any atom is -0.612 e. The van der Waals surface area contributed by atoms with Crippen LogP contribution in [0.15, 0.2) is 29.2 Å². The number of Topliss-reactive ketones (excluding diaryl/α,β-unsaturated/α-hetero) is 1. The van der Waals surface area contributed by atoms with E-state index in [1.807, 2.05) is 0 Å². The second-order valence-corrected chi connectivity index (χ2v) is 4.33. The van der Waals surface area contributed by atoms with Gasteiger partial charge in [0.25, 0.3) is 0 Å². The molecular weight excluding hydrogens is 228 g/mol. The Balaban J connectivity index is 2.95. The van der Waals surface area contributed by atoms with Gasteiger partial charge >= 0.3 is 5.97 Å². The highest BCUT2D eigenvalue weighted by Gasteiger charge is 2.20. The second kappa shape index (κ2) is 5.67. The zero-order valence-electron chi connectivity index (χ0n) is 8.93. The van der Waals surface area contributed by atoms with E-state index in [0.29, 0.717) is 4.90 Å². The first-order valence-electron chi connectivity index (χ1n) is 4.45. The maximum atomic E-state index is 11.6. The Bertz CT molecular complexity index is 401. The maximum absolute atomic E-state index is 11.6. The fourth-order valence-electron chi connectivity index (χ4n) is 1.16. The average Bonchev–Trinajstić information content (AvgIpc) is 2.28. The van der Waals surface area contributed by atoms with Gasteiger partial charge in [-0.2, -0.15) is 0 Å². The number of hydrogen-bond acceptors (Lipinski definition) is 4. The molecule has 0 saturated heterocycles. The number of benzene rings is 1. The molecule has 0 aromatic heterocycles. The number of carbonyl (C=O) groups is 2. The molecule has 1 radical (unpaired) electrons. The zero-order chi connectivity index (χ0) is 12.1. The number of carbonyl (C=O) groups excluding carboxylic acids is 2.